The van der Waals surface area contributed by atoms with Crippen molar-refractivity contribution in [2.24, 2.45) is 0 Å². The van der Waals surface area contributed by atoms with Gasteiger partial charge in [0.2, 0.25) is 11.8 Å². The fourth-order valence-corrected chi connectivity index (χ4v) is 2.83. The van der Waals surface area contributed by atoms with Crippen molar-refractivity contribution in [2.75, 3.05) is 0 Å². The quantitative estimate of drug-likeness (QED) is 0.590. The smallest absolute Gasteiger partial charge is 0.226 e. The van der Waals surface area contributed by atoms with Crippen LogP contribution in [0.2, 0.25) is 0 Å². The normalized spacial score (nSPS) is 11.0. The van der Waals surface area contributed by atoms with E-state index in [1.165, 1.54) is 12.1 Å². The molecule has 6 nitrogen and oxygen atoms in total. The minimum atomic E-state index is -0.326. The highest BCUT2D eigenvalue weighted by molar-refractivity contribution is 5.78. The van der Waals surface area contributed by atoms with Crippen molar-refractivity contribution in [3.8, 4) is 11.5 Å². The van der Waals surface area contributed by atoms with Gasteiger partial charge < -0.3 is 14.1 Å². The molecule has 1 aromatic carbocycles. The molecule has 0 saturated heterocycles. The first-order valence-electron chi connectivity index (χ1n) is 8.50. The summed E-state index contributed by atoms with van der Waals surface area (Å²) in [5.41, 5.74) is 2.19. The first kappa shape index (κ1) is 17.0. The first-order chi connectivity index (χ1) is 13.1. The van der Waals surface area contributed by atoms with E-state index in [9.17, 15) is 9.18 Å². The molecule has 0 radical (unpaired) electrons. The Kier molecular flexibility index (Phi) is 4.42. The summed E-state index contributed by atoms with van der Waals surface area (Å²) in [4.78, 5) is 21.0. The van der Waals surface area contributed by atoms with Crippen LogP contribution in [0.25, 0.3) is 17.0 Å². The molecule has 27 heavy (non-hydrogen) atoms. The molecule has 1 N–H and O–H groups in total. The molecule has 136 valence electrons. The van der Waals surface area contributed by atoms with Gasteiger partial charge in [0.05, 0.1) is 30.4 Å². The third-order valence-corrected chi connectivity index (χ3v) is 4.27. The molecule has 0 unspecified atom stereocenters. The lowest BCUT2D eigenvalue weighted by Gasteiger charge is -2.04. The summed E-state index contributed by atoms with van der Waals surface area (Å²) in [7, 11) is 0. The number of hydrogen-bond donors (Lipinski definition) is 1. The maximum Gasteiger partial charge on any atom is 0.226 e. The molecule has 3 heterocycles. The highest BCUT2D eigenvalue weighted by atomic mass is 19.1. The maximum absolute atomic E-state index is 13.0. The molecule has 0 fully saturated rings. The number of carbonyl (C=O) groups excluding carboxylic acids is 1. The topological polar surface area (TPSA) is 72.4 Å². The van der Waals surface area contributed by atoms with Gasteiger partial charge in [-0.1, -0.05) is 6.07 Å². The third kappa shape index (κ3) is 3.57. The Morgan fingerprint density at radius 2 is 2.04 bits per heavy atom. The lowest BCUT2D eigenvalue weighted by Crippen LogP contribution is -2.26. The molecule has 3 aromatic heterocycles. The van der Waals surface area contributed by atoms with Crippen molar-refractivity contribution < 1.29 is 13.6 Å². The first-order valence-corrected chi connectivity index (χ1v) is 8.50. The number of nitrogens with zero attached hydrogens (tertiary/aromatic N) is 3. The molecule has 4 aromatic rings. The summed E-state index contributed by atoms with van der Waals surface area (Å²) in [5, 5.41) is 2.86. The average molecular weight is 364 g/mol. The van der Waals surface area contributed by atoms with Crippen LogP contribution in [0.3, 0.4) is 0 Å². The van der Waals surface area contributed by atoms with E-state index < -0.39 is 0 Å². The molecule has 0 spiro atoms. The number of benzene rings is 1. The number of halogens is 1. The van der Waals surface area contributed by atoms with Crippen LogP contribution in [-0.2, 0) is 17.8 Å². The standard InChI is InChI=1S/C20H17FN4O2/c1-13-17(24-20(27-13)14-5-7-15(21)8-6-14)10-19(26)23-12-18-22-11-16-4-2-3-9-25(16)18/h2-9,11H,10,12H2,1H3,(H,23,26). The van der Waals surface area contributed by atoms with Crippen LogP contribution in [-0.4, -0.2) is 20.3 Å². The molecular formula is C20H17FN4O2. The molecule has 1 amide bonds. The van der Waals surface area contributed by atoms with Crippen LogP contribution in [0.5, 0.6) is 0 Å². The average Bonchev–Trinajstić information content (AvgIpc) is 3.24. The molecule has 0 saturated carbocycles. The lowest BCUT2D eigenvalue weighted by atomic mass is 10.2. The molecule has 0 atom stereocenters. The van der Waals surface area contributed by atoms with Crippen molar-refractivity contribution in [3.63, 3.8) is 0 Å². The number of carbonyl (C=O) groups is 1. The molecule has 0 bridgehead atoms. The van der Waals surface area contributed by atoms with Gasteiger partial charge in [-0.15, -0.1) is 0 Å². The molecule has 4 rings (SSSR count). The van der Waals surface area contributed by atoms with Crippen LogP contribution in [0.4, 0.5) is 4.39 Å². The van der Waals surface area contributed by atoms with Crippen molar-refractivity contribution in [3.05, 3.63) is 78.0 Å². The Balaban J connectivity index is 1.43. The highest BCUT2D eigenvalue weighted by Crippen LogP contribution is 2.22. The number of oxazole rings is 1. The van der Waals surface area contributed by atoms with Crippen LogP contribution in [0.1, 0.15) is 17.3 Å². The Morgan fingerprint density at radius 3 is 2.85 bits per heavy atom. The molecule has 7 heteroatoms. The summed E-state index contributed by atoms with van der Waals surface area (Å²) < 4.78 is 20.6. The minimum absolute atomic E-state index is 0.0971. The van der Waals surface area contributed by atoms with Gasteiger partial charge in [0.1, 0.15) is 17.4 Å². The van der Waals surface area contributed by atoms with Gasteiger partial charge in [0, 0.05) is 11.8 Å². The summed E-state index contributed by atoms with van der Waals surface area (Å²) in [6, 6.07) is 11.7. The van der Waals surface area contributed by atoms with E-state index in [1.54, 1.807) is 25.3 Å². The van der Waals surface area contributed by atoms with E-state index in [0.717, 1.165) is 11.3 Å². The Labute approximate surface area is 154 Å². The monoisotopic (exact) mass is 364 g/mol. The van der Waals surface area contributed by atoms with Gasteiger partial charge >= 0.3 is 0 Å². The summed E-state index contributed by atoms with van der Waals surface area (Å²) >= 11 is 0. The number of imidazole rings is 1. The number of pyridine rings is 1. The van der Waals surface area contributed by atoms with Crippen LogP contribution in [0, 0.1) is 12.7 Å². The molecule has 0 aliphatic heterocycles. The number of fused-ring (bicyclic) bond motifs is 1. The maximum atomic E-state index is 13.0. The van der Waals surface area contributed by atoms with E-state index in [1.807, 2.05) is 28.8 Å². The van der Waals surface area contributed by atoms with E-state index in [0.29, 0.717) is 29.5 Å². The van der Waals surface area contributed by atoms with Crippen LogP contribution >= 0.6 is 0 Å². The number of rotatable bonds is 5. The fourth-order valence-electron chi connectivity index (χ4n) is 2.83. The second-order valence-electron chi connectivity index (χ2n) is 6.15. The second kappa shape index (κ2) is 7.03. The van der Waals surface area contributed by atoms with Gasteiger partial charge in [-0.2, -0.15) is 0 Å². The van der Waals surface area contributed by atoms with Crippen molar-refractivity contribution in [2.45, 2.75) is 19.9 Å². The highest BCUT2D eigenvalue weighted by Gasteiger charge is 2.15. The summed E-state index contributed by atoms with van der Waals surface area (Å²) in [5.74, 6) is 1.19. The third-order valence-electron chi connectivity index (χ3n) is 4.27. The zero-order valence-electron chi connectivity index (χ0n) is 14.6. The Bertz CT molecular complexity index is 1100. The molecular weight excluding hydrogens is 347 g/mol. The second-order valence-corrected chi connectivity index (χ2v) is 6.15. The number of amides is 1. The molecule has 0 aliphatic carbocycles. The zero-order valence-corrected chi connectivity index (χ0v) is 14.6. The fraction of sp³-hybridized carbons (Fsp3) is 0.150. The summed E-state index contributed by atoms with van der Waals surface area (Å²) in [6.07, 6.45) is 3.76. The Hall–Kier alpha value is -3.48. The van der Waals surface area contributed by atoms with Gasteiger partial charge in [-0.05, 0) is 43.3 Å². The SMILES string of the molecule is Cc1oc(-c2ccc(F)cc2)nc1CC(=O)NCc1ncc2ccccn12. The van der Waals surface area contributed by atoms with E-state index >= 15 is 0 Å². The number of aromatic nitrogens is 3. The van der Waals surface area contributed by atoms with Gasteiger partial charge in [0.25, 0.3) is 0 Å². The van der Waals surface area contributed by atoms with Crippen molar-refractivity contribution >= 4 is 11.4 Å². The Morgan fingerprint density at radius 1 is 1.22 bits per heavy atom. The van der Waals surface area contributed by atoms with Crippen LogP contribution in [0.15, 0.2) is 59.3 Å². The number of nitrogens with one attached hydrogen (secondary N) is 1. The zero-order chi connectivity index (χ0) is 18.8. The van der Waals surface area contributed by atoms with Crippen molar-refractivity contribution in [1.82, 2.24) is 19.7 Å². The van der Waals surface area contributed by atoms with E-state index in [4.69, 9.17) is 4.42 Å². The minimum Gasteiger partial charge on any atom is -0.441 e. The predicted octanol–water partition coefficient (Wildman–Crippen LogP) is 3.30. The van der Waals surface area contributed by atoms with Gasteiger partial charge in [-0.25, -0.2) is 14.4 Å². The van der Waals surface area contributed by atoms with Crippen molar-refractivity contribution in [1.29, 1.82) is 0 Å². The van der Waals surface area contributed by atoms with Gasteiger partial charge in [-0.3, -0.25) is 4.79 Å². The van der Waals surface area contributed by atoms with E-state index in [-0.39, 0.29) is 18.1 Å². The number of hydrogen-bond acceptors (Lipinski definition) is 4. The van der Waals surface area contributed by atoms with Crippen LogP contribution < -0.4 is 5.32 Å². The number of aryl methyl sites for hydroxylation is 1. The molecule has 0 aliphatic rings. The predicted molar refractivity (Wildman–Crippen MR) is 97.4 cm³/mol. The lowest BCUT2D eigenvalue weighted by molar-refractivity contribution is -0.120. The van der Waals surface area contributed by atoms with E-state index in [2.05, 4.69) is 15.3 Å². The largest absolute Gasteiger partial charge is 0.441 e. The van der Waals surface area contributed by atoms with Gasteiger partial charge in [0.15, 0.2) is 0 Å². The summed E-state index contributed by atoms with van der Waals surface area (Å²) in [6.45, 7) is 2.07.